The molecular weight excluding hydrogens is 410 g/mol. The summed E-state index contributed by atoms with van der Waals surface area (Å²) in [7, 11) is 0. The van der Waals surface area contributed by atoms with Crippen LogP contribution in [0.1, 0.15) is 31.9 Å². The molecule has 0 aliphatic carbocycles. The summed E-state index contributed by atoms with van der Waals surface area (Å²) in [6.45, 7) is 6.27. The monoisotopic (exact) mass is 441 g/mol. The fourth-order valence-electron chi connectivity index (χ4n) is 4.07. The molecule has 1 N–H and O–H groups in total. The summed E-state index contributed by atoms with van der Waals surface area (Å²) in [6, 6.07) is 19.2. The zero-order chi connectivity index (χ0) is 22.6. The van der Waals surface area contributed by atoms with Crippen LogP contribution in [-0.2, 0) is 41.7 Å². The van der Waals surface area contributed by atoms with E-state index in [0.717, 1.165) is 11.1 Å². The summed E-state index contributed by atoms with van der Waals surface area (Å²) in [4.78, 5) is 12.1. The molecule has 4 rings (SSSR count). The highest BCUT2D eigenvalue weighted by molar-refractivity contribution is 5.73. The van der Waals surface area contributed by atoms with Gasteiger partial charge in [-0.1, -0.05) is 60.7 Å². The van der Waals surface area contributed by atoms with Gasteiger partial charge in [0.05, 0.1) is 19.8 Å². The van der Waals surface area contributed by atoms with Gasteiger partial charge in [0.2, 0.25) is 5.91 Å². The number of rotatable bonds is 7. The lowest BCUT2D eigenvalue weighted by Crippen LogP contribution is -2.69. The van der Waals surface area contributed by atoms with E-state index in [9.17, 15) is 4.79 Å². The zero-order valence-corrected chi connectivity index (χ0v) is 18.7. The Balaban J connectivity index is 1.57. The van der Waals surface area contributed by atoms with Crippen LogP contribution >= 0.6 is 0 Å². The minimum atomic E-state index is -0.780. The molecule has 2 aromatic rings. The van der Waals surface area contributed by atoms with E-state index in [1.54, 1.807) is 0 Å². The van der Waals surface area contributed by atoms with E-state index in [-0.39, 0.29) is 12.0 Å². The van der Waals surface area contributed by atoms with Gasteiger partial charge < -0.3 is 29.0 Å². The van der Waals surface area contributed by atoms with Gasteiger partial charge in [0.25, 0.3) is 0 Å². The first-order chi connectivity index (χ1) is 15.4. The predicted molar refractivity (Wildman–Crippen MR) is 117 cm³/mol. The molecule has 7 nitrogen and oxygen atoms in total. The van der Waals surface area contributed by atoms with Gasteiger partial charge in [0.1, 0.15) is 24.4 Å². The number of amides is 1. The van der Waals surface area contributed by atoms with Crippen molar-refractivity contribution in [1.82, 2.24) is 5.32 Å². The van der Waals surface area contributed by atoms with E-state index in [1.165, 1.54) is 6.92 Å². The maximum absolute atomic E-state index is 12.1. The van der Waals surface area contributed by atoms with Crippen molar-refractivity contribution < 1.29 is 28.5 Å². The van der Waals surface area contributed by atoms with E-state index in [1.807, 2.05) is 74.5 Å². The van der Waals surface area contributed by atoms with Gasteiger partial charge in [-0.2, -0.15) is 0 Å². The molecule has 0 saturated carbocycles. The maximum Gasteiger partial charge on any atom is 0.217 e. The molecule has 2 fully saturated rings. The Morgan fingerprint density at radius 2 is 1.59 bits per heavy atom. The Morgan fingerprint density at radius 1 is 1.00 bits per heavy atom. The molecule has 0 radical (unpaired) electrons. The van der Waals surface area contributed by atoms with Gasteiger partial charge in [0.15, 0.2) is 12.1 Å². The Hall–Kier alpha value is -2.29. The van der Waals surface area contributed by atoms with Crippen molar-refractivity contribution in [3.8, 4) is 0 Å². The van der Waals surface area contributed by atoms with Crippen molar-refractivity contribution in [3.05, 3.63) is 71.8 Å². The quantitative estimate of drug-likeness (QED) is 0.712. The van der Waals surface area contributed by atoms with Crippen LogP contribution in [0.15, 0.2) is 60.7 Å². The number of benzene rings is 2. The van der Waals surface area contributed by atoms with Crippen LogP contribution in [0.5, 0.6) is 0 Å². The molecule has 2 aliphatic rings. The number of carbonyl (C=O) groups is 1. The van der Waals surface area contributed by atoms with Gasteiger partial charge in [-0.05, 0) is 25.0 Å². The lowest BCUT2D eigenvalue weighted by molar-refractivity contribution is -0.374. The normalized spacial score (nSPS) is 29.2. The first-order valence-electron chi connectivity index (χ1n) is 11.0. The number of fused-ring (bicyclic) bond motifs is 1. The lowest BCUT2D eigenvalue weighted by Gasteiger charge is -2.51. The van der Waals surface area contributed by atoms with Crippen molar-refractivity contribution in [2.45, 2.75) is 70.4 Å². The van der Waals surface area contributed by atoms with Crippen LogP contribution in [-0.4, -0.2) is 48.9 Å². The maximum atomic E-state index is 12.1. The second-order valence-corrected chi connectivity index (χ2v) is 8.62. The number of hydrogen-bond acceptors (Lipinski definition) is 6. The largest absolute Gasteiger partial charge is 0.368 e. The van der Waals surface area contributed by atoms with E-state index < -0.39 is 30.3 Å². The molecule has 0 aromatic heterocycles. The first-order valence-corrected chi connectivity index (χ1v) is 11.0. The smallest absolute Gasteiger partial charge is 0.217 e. The van der Waals surface area contributed by atoms with E-state index in [2.05, 4.69) is 5.32 Å². The third-order valence-corrected chi connectivity index (χ3v) is 5.57. The van der Waals surface area contributed by atoms with Gasteiger partial charge in [-0.15, -0.1) is 0 Å². The van der Waals surface area contributed by atoms with Gasteiger partial charge in [-0.25, -0.2) is 0 Å². The molecule has 0 spiro atoms. The number of hydrogen-bond donors (Lipinski definition) is 1. The molecule has 32 heavy (non-hydrogen) atoms. The molecule has 2 heterocycles. The Kier molecular flexibility index (Phi) is 7.23. The van der Waals surface area contributed by atoms with Crippen LogP contribution in [0, 0.1) is 0 Å². The van der Waals surface area contributed by atoms with Crippen molar-refractivity contribution >= 4 is 5.91 Å². The highest BCUT2D eigenvalue weighted by Gasteiger charge is 2.52. The molecular formula is C25H31NO6. The standard InChI is InChI=1S/C25H31NO6/c1-17(27)26-21-23(28-14-18-10-6-4-7-11-18)22-20(16-30-25(2,3)32-22)31-24(21)29-15-19-12-8-5-9-13-19/h4-13,20-24H,14-16H2,1-3H3,(H,26,27). The number of nitrogens with one attached hydrogen (secondary N) is 1. The minimum absolute atomic E-state index is 0.190. The fourth-order valence-corrected chi connectivity index (χ4v) is 4.07. The molecule has 7 heteroatoms. The molecule has 2 saturated heterocycles. The Bertz CT molecular complexity index is 875. The molecule has 2 aliphatic heterocycles. The summed E-state index contributed by atoms with van der Waals surface area (Å²) in [5.74, 6) is -0.970. The van der Waals surface area contributed by atoms with E-state index in [0.29, 0.717) is 19.8 Å². The van der Waals surface area contributed by atoms with Crippen LogP contribution in [0.3, 0.4) is 0 Å². The van der Waals surface area contributed by atoms with Crippen molar-refractivity contribution in [2.24, 2.45) is 0 Å². The third-order valence-electron chi connectivity index (χ3n) is 5.57. The summed E-state index contributed by atoms with van der Waals surface area (Å²) in [6.07, 6.45) is -2.00. The number of ether oxygens (including phenoxy) is 5. The Labute approximate surface area is 189 Å². The van der Waals surface area contributed by atoms with Crippen molar-refractivity contribution in [3.63, 3.8) is 0 Å². The van der Waals surface area contributed by atoms with Crippen molar-refractivity contribution in [1.29, 1.82) is 0 Å². The topological polar surface area (TPSA) is 75.3 Å². The van der Waals surface area contributed by atoms with Gasteiger partial charge >= 0.3 is 0 Å². The summed E-state index contributed by atoms with van der Waals surface area (Å²) < 4.78 is 30.8. The molecule has 172 valence electrons. The molecule has 1 amide bonds. The van der Waals surface area contributed by atoms with E-state index >= 15 is 0 Å². The first kappa shape index (κ1) is 22.9. The summed E-state index contributed by atoms with van der Waals surface area (Å²) in [5.41, 5.74) is 2.05. The average molecular weight is 442 g/mol. The van der Waals surface area contributed by atoms with Crippen LogP contribution in [0.4, 0.5) is 0 Å². The molecule has 0 bridgehead atoms. The highest BCUT2D eigenvalue weighted by Crippen LogP contribution is 2.35. The lowest BCUT2D eigenvalue weighted by atomic mass is 9.94. The summed E-state index contributed by atoms with van der Waals surface area (Å²) in [5, 5.41) is 2.98. The van der Waals surface area contributed by atoms with Gasteiger partial charge in [-0.3, -0.25) is 4.79 Å². The van der Waals surface area contributed by atoms with Gasteiger partial charge in [0, 0.05) is 6.92 Å². The Morgan fingerprint density at radius 3 is 2.19 bits per heavy atom. The fraction of sp³-hybridized carbons (Fsp3) is 0.480. The van der Waals surface area contributed by atoms with Crippen molar-refractivity contribution in [2.75, 3.05) is 6.61 Å². The molecule has 2 aromatic carbocycles. The molecule has 5 unspecified atom stereocenters. The SMILES string of the molecule is CC(=O)NC1C(OCc2ccccc2)OC2COC(C)(C)OC2C1OCc1ccccc1. The minimum Gasteiger partial charge on any atom is -0.368 e. The van der Waals surface area contributed by atoms with Crippen LogP contribution in [0.25, 0.3) is 0 Å². The zero-order valence-electron chi connectivity index (χ0n) is 18.7. The average Bonchev–Trinajstić information content (AvgIpc) is 2.78. The second-order valence-electron chi connectivity index (χ2n) is 8.62. The second kappa shape index (κ2) is 10.1. The van der Waals surface area contributed by atoms with Crippen LogP contribution in [0.2, 0.25) is 0 Å². The summed E-state index contributed by atoms with van der Waals surface area (Å²) >= 11 is 0. The third kappa shape index (κ3) is 5.74. The molecule has 5 atom stereocenters. The highest BCUT2D eigenvalue weighted by atomic mass is 16.8. The predicted octanol–water partition coefficient (Wildman–Crippen LogP) is 3.17. The van der Waals surface area contributed by atoms with E-state index in [4.69, 9.17) is 23.7 Å². The number of carbonyl (C=O) groups excluding carboxylic acids is 1. The van der Waals surface area contributed by atoms with Crippen LogP contribution < -0.4 is 5.32 Å².